The van der Waals surface area contributed by atoms with Gasteiger partial charge in [-0.25, -0.2) is 0 Å². The number of nitrogens with zero attached hydrogens (tertiary/aromatic N) is 1. The summed E-state index contributed by atoms with van der Waals surface area (Å²) in [5.74, 6) is 0. The second kappa shape index (κ2) is 4.57. The number of rotatable bonds is 1. The van der Waals surface area contributed by atoms with Crippen LogP contribution in [-0.2, 0) is 4.74 Å². The van der Waals surface area contributed by atoms with Gasteiger partial charge in [0.2, 0.25) is 0 Å². The Kier molecular flexibility index (Phi) is 3.38. The summed E-state index contributed by atoms with van der Waals surface area (Å²) in [4.78, 5) is 4.28. The third kappa shape index (κ3) is 2.25. The van der Waals surface area contributed by atoms with Gasteiger partial charge < -0.3 is 10.1 Å². The monoisotopic (exact) mass is 276 g/mol. The molecule has 1 N–H and O–H groups in total. The van der Waals surface area contributed by atoms with Crippen LogP contribution in [0.5, 0.6) is 0 Å². The standard InChI is InChI=1S/C9H10BrClN2O/c10-7-3-6(11)4-13-9(7)8-5-14-2-1-12-8/h3-4,8,12H,1-2,5H2/t8-/m1/s1. The Morgan fingerprint density at radius 1 is 1.64 bits per heavy atom. The van der Waals surface area contributed by atoms with Crippen LogP contribution in [0.2, 0.25) is 5.02 Å². The molecule has 1 aromatic rings. The first-order valence-corrected chi connectivity index (χ1v) is 5.56. The van der Waals surface area contributed by atoms with E-state index in [1.165, 1.54) is 0 Å². The van der Waals surface area contributed by atoms with Crippen molar-refractivity contribution in [2.75, 3.05) is 19.8 Å². The highest BCUT2D eigenvalue weighted by molar-refractivity contribution is 9.10. The zero-order valence-corrected chi connectivity index (χ0v) is 9.81. The van der Waals surface area contributed by atoms with Crippen molar-refractivity contribution in [3.05, 3.63) is 27.5 Å². The van der Waals surface area contributed by atoms with E-state index in [2.05, 4.69) is 26.2 Å². The average Bonchev–Trinajstić information content (AvgIpc) is 2.19. The number of morpholine rings is 1. The maximum absolute atomic E-state index is 5.81. The Morgan fingerprint density at radius 3 is 3.14 bits per heavy atom. The van der Waals surface area contributed by atoms with Crippen molar-refractivity contribution in [3.63, 3.8) is 0 Å². The summed E-state index contributed by atoms with van der Waals surface area (Å²) in [6.45, 7) is 2.29. The van der Waals surface area contributed by atoms with Crippen molar-refractivity contribution in [3.8, 4) is 0 Å². The van der Waals surface area contributed by atoms with Crippen LogP contribution in [0, 0.1) is 0 Å². The molecule has 3 nitrogen and oxygen atoms in total. The Morgan fingerprint density at radius 2 is 2.50 bits per heavy atom. The van der Waals surface area contributed by atoms with Crippen LogP contribution in [-0.4, -0.2) is 24.7 Å². The molecule has 1 aliphatic rings. The number of aromatic nitrogens is 1. The fourth-order valence-corrected chi connectivity index (χ4v) is 2.34. The lowest BCUT2D eigenvalue weighted by Gasteiger charge is -2.24. The molecule has 0 amide bonds. The highest BCUT2D eigenvalue weighted by Crippen LogP contribution is 2.25. The first-order valence-electron chi connectivity index (χ1n) is 4.39. The van der Waals surface area contributed by atoms with Gasteiger partial charge >= 0.3 is 0 Å². The summed E-state index contributed by atoms with van der Waals surface area (Å²) in [5, 5.41) is 3.97. The maximum atomic E-state index is 5.81. The highest BCUT2D eigenvalue weighted by atomic mass is 79.9. The molecule has 0 bridgehead atoms. The molecule has 0 unspecified atom stereocenters. The molecule has 0 spiro atoms. The largest absolute Gasteiger partial charge is 0.378 e. The highest BCUT2D eigenvalue weighted by Gasteiger charge is 2.18. The van der Waals surface area contributed by atoms with Crippen LogP contribution in [0.25, 0.3) is 0 Å². The van der Waals surface area contributed by atoms with Gasteiger partial charge in [0.15, 0.2) is 0 Å². The molecule has 1 fully saturated rings. The Hall–Kier alpha value is -0.160. The fraction of sp³-hybridized carbons (Fsp3) is 0.444. The molecule has 2 rings (SSSR count). The molecule has 1 atom stereocenters. The van der Waals surface area contributed by atoms with Gasteiger partial charge in [-0.3, -0.25) is 4.98 Å². The molecule has 76 valence electrons. The van der Waals surface area contributed by atoms with Gasteiger partial charge in [0.05, 0.1) is 30.0 Å². The van der Waals surface area contributed by atoms with Crippen molar-refractivity contribution >= 4 is 27.5 Å². The van der Waals surface area contributed by atoms with E-state index >= 15 is 0 Å². The van der Waals surface area contributed by atoms with Crippen LogP contribution in [0.4, 0.5) is 0 Å². The zero-order valence-electron chi connectivity index (χ0n) is 7.46. The summed E-state index contributed by atoms with van der Waals surface area (Å²) in [6.07, 6.45) is 1.65. The molecule has 0 radical (unpaired) electrons. The van der Waals surface area contributed by atoms with Crippen LogP contribution >= 0.6 is 27.5 Å². The van der Waals surface area contributed by atoms with Crippen LogP contribution < -0.4 is 5.32 Å². The SMILES string of the molecule is Clc1cnc([C@H]2COCCN2)c(Br)c1. The maximum Gasteiger partial charge on any atom is 0.0745 e. The van der Waals surface area contributed by atoms with Crippen molar-refractivity contribution < 1.29 is 4.74 Å². The summed E-state index contributed by atoms with van der Waals surface area (Å²) in [7, 11) is 0. The number of ether oxygens (including phenoxy) is 1. The summed E-state index contributed by atoms with van der Waals surface area (Å²) in [6, 6.07) is 2.01. The minimum Gasteiger partial charge on any atom is -0.378 e. The van der Waals surface area contributed by atoms with E-state index in [1.807, 2.05) is 6.07 Å². The lowest BCUT2D eigenvalue weighted by Crippen LogP contribution is -2.35. The molecule has 0 aliphatic carbocycles. The molecule has 1 saturated heterocycles. The third-order valence-corrected chi connectivity index (χ3v) is 2.93. The molecule has 0 aromatic carbocycles. The molecule has 1 aromatic heterocycles. The normalized spacial score (nSPS) is 22.3. The zero-order chi connectivity index (χ0) is 9.97. The molecule has 0 saturated carbocycles. The number of hydrogen-bond acceptors (Lipinski definition) is 3. The lowest BCUT2D eigenvalue weighted by molar-refractivity contribution is 0.0754. The third-order valence-electron chi connectivity index (χ3n) is 2.09. The van der Waals surface area contributed by atoms with Gasteiger partial charge in [0.1, 0.15) is 0 Å². The first kappa shape index (κ1) is 10.4. The quantitative estimate of drug-likeness (QED) is 0.854. The van der Waals surface area contributed by atoms with Gasteiger partial charge in [0, 0.05) is 17.2 Å². The van der Waals surface area contributed by atoms with E-state index in [1.54, 1.807) is 6.20 Å². The average molecular weight is 278 g/mol. The minimum absolute atomic E-state index is 0.162. The Labute approximate surface area is 95.9 Å². The first-order chi connectivity index (χ1) is 6.77. The van der Waals surface area contributed by atoms with E-state index in [4.69, 9.17) is 16.3 Å². The molecule has 14 heavy (non-hydrogen) atoms. The van der Waals surface area contributed by atoms with E-state index < -0.39 is 0 Å². The Bertz CT molecular complexity index is 329. The molecular formula is C9H10BrClN2O. The van der Waals surface area contributed by atoms with E-state index in [9.17, 15) is 0 Å². The molecular weight excluding hydrogens is 267 g/mol. The second-order valence-corrected chi connectivity index (χ2v) is 4.39. The van der Waals surface area contributed by atoms with Crippen molar-refractivity contribution in [1.82, 2.24) is 10.3 Å². The lowest BCUT2D eigenvalue weighted by atomic mass is 10.2. The van der Waals surface area contributed by atoms with Crippen molar-refractivity contribution in [2.45, 2.75) is 6.04 Å². The molecule has 5 heteroatoms. The van der Waals surface area contributed by atoms with Crippen LogP contribution in [0.15, 0.2) is 16.7 Å². The van der Waals surface area contributed by atoms with Crippen LogP contribution in [0.1, 0.15) is 11.7 Å². The smallest absolute Gasteiger partial charge is 0.0745 e. The number of hydrogen-bond donors (Lipinski definition) is 1. The minimum atomic E-state index is 0.162. The second-order valence-electron chi connectivity index (χ2n) is 3.10. The predicted molar refractivity (Wildman–Crippen MR) is 58.5 cm³/mol. The van der Waals surface area contributed by atoms with Gasteiger partial charge in [0.25, 0.3) is 0 Å². The van der Waals surface area contributed by atoms with Crippen LogP contribution in [0.3, 0.4) is 0 Å². The summed E-state index contributed by atoms with van der Waals surface area (Å²) < 4.78 is 6.29. The van der Waals surface area contributed by atoms with Gasteiger partial charge in [-0.05, 0) is 22.0 Å². The molecule has 2 heterocycles. The van der Waals surface area contributed by atoms with Crippen molar-refractivity contribution in [2.24, 2.45) is 0 Å². The Balaban J connectivity index is 2.22. The number of pyridine rings is 1. The number of nitrogens with one attached hydrogen (secondary N) is 1. The van der Waals surface area contributed by atoms with E-state index in [0.29, 0.717) is 11.6 Å². The summed E-state index contributed by atoms with van der Waals surface area (Å²) in [5.41, 5.74) is 0.953. The summed E-state index contributed by atoms with van der Waals surface area (Å²) >= 11 is 9.25. The van der Waals surface area contributed by atoms with E-state index in [-0.39, 0.29) is 6.04 Å². The van der Waals surface area contributed by atoms with Gasteiger partial charge in [-0.1, -0.05) is 11.6 Å². The van der Waals surface area contributed by atoms with Crippen molar-refractivity contribution in [1.29, 1.82) is 0 Å². The topological polar surface area (TPSA) is 34.1 Å². The number of halogens is 2. The van der Waals surface area contributed by atoms with Gasteiger partial charge in [-0.2, -0.15) is 0 Å². The van der Waals surface area contributed by atoms with E-state index in [0.717, 1.165) is 23.3 Å². The fourth-order valence-electron chi connectivity index (χ4n) is 1.42. The van der Waals surface area contributed by atoms with Gasteiger partial charge in [-0.15, -0.1) is 0 Å². The molecule has 1 aliphatic heterocycles. The predicted octanol–water partition coefficient (Wildman–Crippen LogP) is 2.16.